The van der Waals surface area contributed by atoms with Gasteiger partial charge in [-0.2, -0.15) is 11.8 Å². The lowest BCUT2D eigenvalue weighted by Crippen LogP contribution is -2.43. The summed E-state index contributed by atoms with van der Waals surface area (Å²) in [6.07, 6.45) is 3.37. The van der Waals surface area contributed by atoms with Gasteiger partial charge in [0.05, 0.1) is 5.92 Å². The Morgan fingerprint density at radius 3 is 2.80 bits per heavy atom. The molecule has 0 bridgehead atoms. The third-order valence-electron chi connectivity index (χ3n) is 3.73. The average molecular weight is 229 g/mol. The SMILES string of the molecule is CC1C(C(=O)O)CCN1C1CCCSC1. The molecule has 4 heteroatoms. The van der Waals surface area contributed by atoms with Gasteiger partial charge in [-0.3, -0.25) is 9.69 Å². The molecule has 2 saturated heterocycles. The lowest BCUT2D eigenvalue weighted by atomic mass is 10.0. The number of carboxylic acid groups (broad SMARTS) is 1. The highest BCUT2D eigenvalue weighted by molar-refractivity contribution is 7.99. The van der Waals surface area contributed by atoms with E-state index in [9.17, 15) is 4.79 Å². The molecular weight excluding hydrogens is 210 g/mol. The first-order valence-electron chi connectivity index (χ1n) is 5.76. The third kappa shape index (κ3) is 2.31. The van der Waals surface area contributed by atoms with Crippen LogP contribution in [0.1, 0.15) is 26.2 Å². The van der Waals surface area contributed by atoms with Gasteiger partial charge in [0.15, 0.2) is 0 Å². The molecule has 0 aromatic heterocycles. The maximum Gasteiger partial charge on any atom is 0.308 e. The van der Waals surface area contributed by atoms with Crippen molar-refractivity contribution < 1.29 is 9.90 Å². The van der Waals surface area contributed by atoms with E-state index in [1.54, 1.807) is 0 Å². The number of hydrogen-bond acceptors (Lipinski definition) is 3. The van der Waals surface area contributed by atoms with Gasteiger partial charge < -0.3 is 5.11 Å². The number of aliphatic carboxylic acids is 1. The summed E-state index contributed by atoms with van der Waals surface area (Å²) >= 11 is 2.01. The number of hydrogen-bond donors (Lipinski definition) is 1. The maximum atomic E-state index is 11.0. The summed E-state index contributed by atoms with van der Waals surface area (Å²) in [4.78, 5) is 13.4. The van der Waals surface area contributed by atoms with Crippen LogP contribution in [0.4, 0.5) is 0 Å². The molecule has 0 aromatic carbocycles. The van der Waals surface area contributed by atoms with Crippen molar-refractivity contribution in [3.63, 3.8) is 0 Å². The molecule has 2 heterocycles. The Bertz CT molecular complexity index is 241. The van der Waals surface area contributed by atoms with Crippen LogP contribution in [0.15, 0.2) is 0 Å². The number of likely N-dealkylation sites (tertiary alicyclic amines) is 1. The topological polar surface area (TPSA) is 40.5 Å². The second-order valence-electron chi connectivity index (χ2n) is 4.58. The fraction of sp³-hybridized carbons (Fsp3) is 0.909. The molecule has 2 fully saturated rings. The molecule has 1 N–H and O–H groups in total. The summed E-state index contributed by atoms with van der Waals surface area (Å²) in [6.45, 7) is 3.05. The van der Waals surface area contributed by atoms with Crippen molar-refractivity contribution in [2.24, 2.45) is 5.92 Å². The van der Waals surface area contributed by atoms with Crippen molar-refractivity contribution in [2.45, 2.75) is 38.3 Å². The summed E-state index contributed by atoms with van der Waals surface area (Å²) in [5, 5.41) is 9.07. The smallest absolute Gasteiger partial charge is 0.308 e. The van der Waals surface area contributed by atoms with Crippen LogP contribution in [0.25, 0.3) is 0 Å². The van der Waals surface area contributed by atoms with Gasteiger partial charge in [0.25, 0.3) is 0 Å². The number of rotatable bonds is 2. The van der Waals surface area contributed by atoms with E-state index in [4.69, 9.17) is 5.11 Å². The van der Waals surface area contributed by atoms with Crippen LogP contribution in [0.2, 0.25) is 0 Å². The van der Waals surface area contributed by atoms with Crippen molar-refractivity contribution >= 4 is 17.7 Å². The molecule has 0 spiro atoms. The van der Waals surface area contributed by atoms with Gasteiger partial charge >= 0.3 is 5.97 Å². The minimum Gasteiger partial charge on any atom is -0.481 e. The van der Waals surface area contributed by atoms with E-state index in [0.717, 1.165) is 13.0 Å². The van der Waals surface area contributed by atoms with Crippen LogP contribution in [0.3, 0.4) is 0 Å². The Hall–Kier alpha value is -0.220. The summed E-state index contributed by atoms with van der Waals surface area (Å²) < 4.78 is 0. The zero-order valence-electron chi connectivity index (χ0n) is 9.19. The summed E-state index contributed by atoms with van der Waals surface area (Å²) in [6, 6.07) is 0.856. The number of carbonyl (C=O) groups is 1. The molecule has 3 unspecified atom stereocenters. The lowest BCUT2D eigenvalue weighted by molar-refractivity contribution is -0.142. The first kappa shape index (κ1) is 11.3. The van der Waals surface area contributed by atoms with Gasteiger partial charge in [0, 0.05) is 17.8 Å². The van der Waals surface area contributed by atoms with Crippen LogP contribution >= 0.6 is 11.8 Å². The first-order valence-corrected chi connectivity index (χ1v) is 6.92. The Balaban J connectivity index is 1.96. The van der Waals surface area contributed by atoms with E-state index in [1.807, 2.05) is 11.8 Å². The lowest BCUT2D eigenvalue weighted by Gasteiger charge is -2.34. The number of carboxylic acids is 1. The van der Waals surface area contributed by atoms with Gasteiger partial charge in [0.2, 0.25) is 0 Å². The van der Waals surface area contributed by atoms with E-state index in [0.29, 0.717) is 6.04 Å². The summed E-state index contributed by atoms with van der Waals surface area (Å²) in [7, 11) is 0. The van der Waals surface area contributed by atoms with Crippen LogP contribution in [-0.2, 0) is 4.79 Å². The van der Waals surface area contributed by atoms with Crippen molar-refractivity contribution in [1.29, 1.82) is 0 Å². The zero-order valence-corrected chi connectivity index (χ0v) is 10.0. The molecular formula is C11H19NO2S. The molecule has 2 aliphatic rings. The van der Waals surface area contributed by atoms with E-state index in [2.05, 4.69) is 11.8 Å². The molecule has 2 rings (SSSR count). The van der Waals surface area contributed by atoms with E-state index in [1.165, 1.54) is 24.3 Å². The van der Waals surface area contributed by atoms with Gasteiger partial charge in [-0.15, -0.1) is 0 Å². The van der Waals surface area contributed by atoms with Crippen molar-refractivity contribution in [3.8, 4) is 0 Å². The predicted molar refractivity (Wildman–Crippen MR) is 62.3 cm³/mol. The first-order chi connectivity index (χ1) is 7.20. The molecule has 0 amide bonds. The summed E-state index contributed by atoms with van der Waals surface area (Å²) in [5.41, 5.74) is 0. The highest BCUT2D eigenvalue weighted by atomic mass is 32.2. The molecule has 3 atom stereocenters. The normalized spacial score (nSPS) is 38.1. The Labute approximate surface area is 95.2 Å². The Morgan fingerprint density at radius 1 is 1.47 bits per heavy atom. The standard InChI is InChI=1S/C11H19NO2S/c1-8-10(11(13)14)4-5-12(8)9-3-2-6-15-7-9/h8-10H,2-7H2,1H3,(H,13,14). The van der Waals surface area contributed by atoms with Crippen LogP contribution in [0, 0.1) is 5.92 Å². The minimum atomic E-state index is -0.617. The monoisotopic (exact) mass is 229 g/mol. The maximum absolute atomic E-state index is 11.0. The van der Waals surface area contributed by atoms with Crippen molar-refractivity contribution in [2.75, 3.05) is 18.1 Å². The second-order valence-corrected chi connectivity index (χ2v) is 5.73. The summed E-state index contributed by atoms with van der Waals surface area (Å²) in [5.74, 6) is 1.71. The largest absolute Gasteiger partial charge is 0.481 e. The molecule has 0 aliphatic carbocycles. The molecule has 2 aliphatic heterocycles. The van der Waals surface area contributed by atoms with Crippen LogP contribution < -0.4 is 0 Å². The Morgan fingerprint density at radius 2 is 2.27 bits per heavy atom. The van der Waals surface area contributed by atoms with Gasteiger partial charge in [0.1, 0.15) is 0 Å². The van der Waals surface area contributed by atoms with Crippen molar-refractivity contribution in [1.82, 2.24) is 4.90 Å². The van der Waals surface area contributed by atoms with Gasteiger partial charge in [-0.05, 0) is 38.5 Å². The van der Waals surface area contributed by atoms with E-state index >= 15 is 0 Å². The molecule has 0 aromatic rings. The zero-order chi connectivity index (χ0) is 10.8. The van der Waals surface area contributed by atoms with E-state index in [-0.39, 0.29) is 12.0 Å². The predicted octanol–water partition coefficient (Wildman–Crippen LogP) is 1.68. The fourth-order valence-corrected chi connectivity index (χ4v) is 3.96. The molecule has 15 heavy (non-hydrogen) atoms. The molecule has 0 saturated carbocycles. The van der Waals surface area contributed by atoms with Crippen LogP contribution in [0.5, 0.6) is 0 Å². The molecule has 3 nitrogen and oxygen atoms in total. The second kappa shape index (κ2) is 4.74. The minimum absolute atomic E-state index is 0.142. The van der Waals surface area contributed by atoms with E-state index < -0.39 is 5.97 Å². The quantitative estimate of drug-likeness (QED) is 0.782. The number of thioether (sulfide) groups is 1. The van der Waals surface area contributed by atoms with Crippen molar-refractivity contribution in [3.05, 3.63) is 0 Å². The third-order valence-corrected chi connectivity index (χ3v) is 4.92. The highest BCUT2D eigenvalue weighted by Crippen LogP contribution is 2.31. The molecule has 0 radical (unpaired) electrons. The molecule has 86 valence electrons. The fourth-order valence-electron chi connectivity index (χ4n) is 2.79. The van der Waals surface area contributed by atoms with Gasteiger partial charge in [-0.25, -0.2) is 0 Å². The Kier molecular flexibility index (Phi) is 3.57. The highest BCUT2D eigenvalue weighted by Gasteiger charge is 2.39. The average Bonchev–Trinajstić information content (AvgIpc) is 2.61. The van der Waals surface area contributed by atoms with Gasteiger partial charge in [-0.1, -0.05) is 0 Å². The van der Waals surface area contributed by atoms with Crippen LogP contribution in [-0.4, -0.2) is 46.1 Å². The number of nitrogens with zero attached hydrogens (tertiary/aromatic N) is 1.